The van der Waals surface area contributed by atoms with Crippen molar-refractivity contribution in [1.82, 2.24) is 30.4 Å². The molecule has 35 heavy (non-hydrogen) atoms. The monoisotopic (exact) mass is 598 g/mol. The smallest absolute Gasteiger partial charge is 1.00 e. The van der Waals surface area contributed by atoms with Crippen molar-refractivity contribution in [3.8, 4) is 0 Å². The number of hydrogen-bond acceptors (Lipinski definition) is 11. The zero-order chi connectivity index (χ0) is 24.6. The molecular formula is C13H15F3N6Na2O7S4. The summed E-state index contributed by atoms with van der Waals surface area (Å²) in [6.45, 7) is 0. The van der Waals surface area contributed by atoms with Crippen LogP contribution in [-0.4, -0.2) is 95.2 Å². The van der Waals surface area contributed by atoms with E-state index in [-0.39, 0.29) is 89.9 Å². The molecule has 0 aromatic carbocycles. The van der Waals surface area contributed by atoms with Crippen LogP contribution in [0.1, 0.15) is 2.85 Å². The van der Waals surface area contributed by atoms with Gasteiger partial charge in [-0.3, -0.25) is 19.0 Å². The Balaban J connectivity index is 0. The molecule has 0 aliphatic carbocycles. The number of nitrogens with one attached hydrogen (secondary N) is 1. The summed E-state index contributed by atoms with van der Waals surface area (Å²) < 4.78 is 68.5. The minimum absolute atomic E-state index is 0. The number of carbonyl (C=O) groups is 3. The Bertz CT molecular complexity index is 1130. The second-order valence-electron chi connectivity index (χ2n) is 6.41. The number of halogens is 3. The van der Waals surface area contributed by atoms with Crippen LogP contribution in [0.4, 0.5) is 13.2 Å². The van der Waals surface area contributed by atoms with Crippen molar-refractivity contribution in [2.45, 2.75) is 28.0 Å². The molecule has 1 aromatic rings. The van der Waals surface area contributed by atoms with Crippen molar-refractivity contribution in [2.75, 3.05) is 17.3 Å². The normalized spacial score (nSPS) is 19.8. The Labute approximate surface area is 255 Å². The molecule has 1 aromatic heterocycles. The average molecular weight is 599 g/mol. The maximum atomic E-state index is 12.5. The van der Waals surface area contributed by atoms with Crippen LogP contribution in [-0.2, 0) is 30.4 Å². The molecule has 1 saturated heterocycles. The number of aromatic nitrogens is 4. The number of carboxylic acid groups (broad SMARTS) is 1. The SMILES string of the molecule is O=C(CSC(F)(F)F)NC1C(=O)N2C(C(=O)O)=C(CSc3nnnn3CS(=O)(=O)O)CS[C@H]12.[H-].[H-].[Na+].[Na+]. The number of thioether (sulfide) groups is 3. The van der Waals surface area contributed by atoms with E-state index < -0.39 is 68.2 Å². The molecule has 1 fully saturated rings. The molecule has 1 unspecified atom stereocenters. The largest absolute Gasteiger partial charge is 1.00 e. The van der Waals surface area contributed by atoms with Gasteiger partial charge in [0.2, 0.25) is 11.1 Å². The number of fused-ring (bicyclic) bond motifs is 1. The number of tetrazole rings is 1. The van der Waals surface area contributed by atoms with E-state index in [1.54, 1.807) is 0 Å². The van der Waals surface area contributed by atoms with Gasteiger partial charge in [0.1, 0.15) is 17.1 Å². The van der Waals surface area contributed by atoms with Gasteiger partial charge in [0.05, 0.1) is 5.75 Å². The predicted molar refractivity (Wildman–Crippen MR) is 111 cm³/mol. The van der Waals surface area contributed by atoms with Gasteiger partial charge in [-0.1, -0.05) is 11.8 Å². The third-order valence-electron chi connectivity index (χ3n) is 4.09. The molecule has 2 aliphatic heterocycles. The van der Waals surface area contributed by atoms with E-state index in [2.05, 4.69) is 20.8 Å². The Morgan fingerprint density at radius 3 is 2.54 bits per heavy atom. The number of carboxylic acids is 1. The van der Waals surface area contributed by atoms with Crippen molar-refractivity contribution in [3.05, 3.63) is 11.3 Å². The van der Waals surface area contributed by atoms with E-state index in [1.165, 1.54) is 0 Å². The van der Waals surface area contributed by atoms with Crippen molar-refractivity contribution in [1.29, 1.82) is 0 Å². The van der Waals surface area contributed by atoms with Gasteiger partial charge in [-0.05, 0) is 27.8 Å². The fraction of sp³-hybridized carbons (Fsp3) is 0.538. The van der Waals surface area contributed by atoms with E-state index in [0.29, 0.717) is 0 Å². The number of carbonyl (C=O) groups excluding carboxylic acids is 2. The first-order chi connectivity index (χ1) is 15.3. The molecule has 22 heteroatoms. The van der Waals surface area contributed by atoms with Gasteiger partial charge in [-0.2, -0.15) is 21.6 Å². The van der Waals surface area contributed by atoms with E-state index in [0.717, 1.165) is 33.1 Å². The minimum atomic E-state index is -4.61. The Hall–Kier alpha value is -0.0300. The standard InChI is InChI=1S/C13H13F3N6O7S4.2Na.2H/c14-13(15,16)32-3-6(23)17-7-9(24)22-8(11(25)26)5(1-30-10(7)22)2-31-12-18-19-20-21(12)4-33(27,28)29;;;;/h7,10H,1-4H2,(H,17,23)(H,25,26)(H,27,28,29);;;;/q;2*+1;2*-1/t7?,10-;;;;/m1..../s1. The molecule has 2 atom stereocenters. The van der Waals surface area contributed by atoms with Crippen LogP contribution in [0.25, 0.3) is 0 Å². The van der Waals surface area contributed by atoms with Crippen LogP contribution < -0.4 is 64.4 Å². The number of β-lactam (4-membered cyclic amide) rings is 1. The third kappa shape index (κ3) is 8.76. The van der Waals surface area contributed by atoms with Crippen LogP contribution in [0.5, 0.6) is 0 Å². The second kappa shape index (κ2) is 13.2. The number of alkyl halides is 3. The van der Waals surface area contributed by atoms with Crippen LogP contribution in [0, 0.1) is 0 Å². The molecule has 13 nitrogen and oxygen atoms in total. The summed E-state index contributed by atoms with van der Waals surface area (Å²) in [4.78, 5) is 37.0. The van der Waals surface area contributed by atoms with Gasteiger partial charge in [-0.15, -0.1) is 16.9 Å². The van der Waals surface area contributed by atoms with E-state index in [9.17, 15) is 41.1 Å². The Morgan fingerprint density at radius 2 is 1.97 bits per heavy atom. The summed E-state index contributed by atoms with van der Waals surface area (Å²) in [6, 6.07) is -1.16. The number of nitrogens with zero attached hydrogens (tertiary/aromatic N) is 5. The van der Waals surface area contributed by atoms with Crippen molar-refractivity contribution < 1.29 is 108 Å². The van der Waals surface area contributed by atoms with E-state index in [1.807, 2.05) is 0 Å². The topological polar surface area (TPSA) is 185 Å². The number of amides is 2. The number of rotatable bonds is 9. The quantitative estimate of drug-likeness (QED) is 0.106. The first kappa shape index (κ1) is 33.0. The molecule has 3 N–H and O–H groups in total. The molecule has 0 bridgehead atoms. The average Bonchev–Trinajstić information content (AvgIpc) is 3.12. The molecular weight excluding hydrogens is 583 g/mol. The molecule has 0 saturated carbocycles. The zero-order valence-corrected chi connectivity index (χ0v) is 25.2. The van der Waals surface area contributed by atoms with Crippen LogP contribution in [0.15, 0.2) is 16.4 Å². The maximum absolute atomic E-state index is 12.5. The third-order valence-corrected chi connectivity index (χ3v) is 7.78. The van der Waals surface area contributed by atoms with Gasteiger partial charge in [0.25, 0.3) is 16.0 Å². The van der Waals surface area contributed by atoms with Crippen LogP contribution in [0.2, 0.25) is 0 Å². The van der Waals surface area contributed by atoms with Crippen molar-refractivity contribution in [3.63, 3.8) is 0 Å². The maximum Gasteiger partial charge on any atom is 1.00 e. The Kier molecular flexibility index (Phi) is 12.4. The summed E-state index contributed by atoms with van der Waals surface area (Å²) >= 11 is 1.42. The molecule has 2 aliphatic rings. The molecule has 186 valence electrons. The number of aliphatic carboxylic acids is 1. The summed E-state index contributed by atoms with van der Waals surface area (Å²) in [5.74, 6) is -5.02. The van der Waals surface area contributed by atoms with Crippen molar-refractivity contribution >= 4 is 63.2 Å². The first-order valence-electron chi connectivity index (χ1n) is 8.51. The first-order valence-corrected chi connectivity index (χ1v) is 13.1. The fourth-order valence-corrected chi connectivity index (χ4v) is 6.15. The zero-order valence-electron chi connectivity index (χ0n) is 19.9. The fourth-order valence-electron chi connectivity index (χ4n) is 2.84. The minimum Gasteiger partial charge on any atom is -1.00 e. The summed E-state index contributed by atoms with van der Waals surface area (Å²) in [5.41, 5.74) is -4.68. The molecule has 0 radical (unpaired) electrons. The van der Waals surface area contributed by atoms with Gasteiger partial charge in [0, 0.05) is 11.5 Å². The van der Waals surface area contributed by atoms with Gasteiger partial charge in [-0.25, -0.2) is 9.48 Å². The van der Waals surface area contributed by atoms with Gasteiger partial charge in [0.15, 0.2) is 5.88 Å². The molecule has 0 spiro atoms. The summed E-state index contributed by atoms with van der Waals surface area (Å²) in [6.07, 6.45) is 0. The number of hydrogen-bond donors (Lipinski definition) is 3. The molecule has 2 amide bonds. The van der Waals surface area contributed by atoms with Crippen LogP contribution in [0.3, 0.4) is 0 Å². The predicted octanol–water partition coefficient (Wildman–Crippen LogP) is -6.16. The second-order valence-corrected chi connectivity index (χ2v) is 10.9. The summed E-state index contributed by atoms with van der Waals surface area (Å²) in [7, 11) is -4.43. The van der Waals surface area contributed by atoms with E-state index >= 15 is 0 Å². The van der Waals surface area contributed by atoms with Gasteiger partial charge < -0.3 is 13.3 Å². The summed E-state index contributed by atoms with van der Waals surface area (Å²) in [5, 5.41) is 21.3. The Morgan fingerprint density at radius 1 is 1.31 bits per heavy atom. The molecule has 3 heterocycles. The van der Waals surface area contributed by atoms with Crippen molar-refractivity contribution in [2.24, 2.45) is 0 Å². The van der Waals surface area contributed by atoms with Crippen LogP contribution >= 0.6 is 35.3 Å². The van der Waals surface area contributed by atoms with Gasteiger partial charge >= 0.3 is 70.6 Å². The molecule has 3 rings (SSSR count). The van der Waals surface area contributed by atoms with E-state index in [4.69, 9.17) is 4.55 Å².